The number of fused-ring (bicyclic) bond motifs is 1. The van der Waals surface area contributed by atoms with Crippen LogP contribution in [0.1, 0.15) is 61.8 Å². The molecule has 0 bridgehead atoms. The second kappa shape index (κ2) is 14.3. The third kappa shape index (κ3) is 8.44. The van der Waals surface area contributed by atoms with Crippen LogP contribution in [0, 0.1) is 31.1 Å². The first kappa shape index (κ1) is 28.9. The zero-order valence-corrected chi connectivity index (χ0v) is 23.6. The maximum Gasteiger partial charge on any atom is 0.0928 e. The number of hydrogen-bond acceptors (Lipinski definition) is 5. The Labute approximate surface area is 232 Å². The number of aromatic amines is 1. The molecule has 0 spiro atoms. The van der Waals surface area contributed by atoms with Crippen molar-refractivity contribution in [3.63, 3.8) is 0 Å². The number of anilines is 2. The summed E-state index contributed by atoms with van der Waals surface area (Å²) in [6, 6.07) is 18.3. The van der Waals surface area contributed by atoms with Gasteiger partial charge in [0.05, 0.1) is 23.4 Å². The van der Waals surface area contributed by atoms with Crippen LogP contribution in [-0.4, -0.2) is 27.4 Å². The van der Waals surface area contributed by atoms with Crippen LogP contribution in [0.15, 0.2) is 61.2 Å². The van der Waals surface area contributed by atoms with E-state index in [1.165, 1.54) is 5.56 Å². The molecule has 0 unspecified atom stereocenters. The predicted octanol–water partition coefficient (Wildman–Crippen LogP) is 7.90. The number of para-hydroxylation sites is 1. The van der Waals surface area contributed by atoms with Crippen molar-refractivity contribution < 1.29 is 0 Å². The van der Waals surface area contributed by atoms with E-state index in [9.17, 15) is 0 Å². The van der Waals surface area contributed by atoms with Gasteiger partial charge in [0.2, 0.25) is 0 Å². The zero-order chi connectivity index (χ0) is 28.2. The molecule has 4 aromatic rings. The molecule has 0 saturated carbocycles. The Kier molecular flexibility index (Phi) is 10.6. The molecule has 4 rings (SSSR count). The minimum atomic E-state index is 0.512. The Hall–Kier alpha value is -4.63. The van der Waals surface area contributed by atoms with Crippen molar-refractivity contribution in [1.29, 1.82) is 5.41 Å². The van der Waals surface area contributed by atoms with E-state index in [1.807, 2.05) is 63.3 Å². The van der Waals surface area contributed by atoms with E-state index >= 15 is 0 Å². The van der Waals surface area contributed by atoms with Crippen molar-refractivity contribution in [3.8, 4) is 11.8 Å². The summed E-state index contributed by atoms with van der Waals surface area (Å²) in [6.45, 7) is 14.6. The van der Waals surface area contributed by atoms with E-state index in [4.69, 9.17) is 5.41 Å². The van der Waals surface area contributed by atoms with Crippen molar-refractivity contribution in [2.45, 2.75) is 47.5 Å². The number of nitrogens with one attached hydrogen (secondary N) is 4. The molecule has 0 amide bonds. The molecule has 0 atom stereocenters. The van der Waals surface area contributed by atoms with Crippen LogP contribution < -0.4 is 10.6 Å². The highest BCUT2D eigenvalue weighted by molar-refractivity contribution is 5.92. The highest BCUT2D eigenvalue weighted by Gasteiger charge is 2.08. The Morgan fingerprint density at radius 1 is 1.05 bits per heavy atom. The highest BCUT2D eigenvalue weighted by Crippen LogP contribution is 2.28. The first-order valence-corrected chi connectivity index (χ1v) is 13.3. The van der Waals surface area contributed by atoms with Crippen LogP contribution in [0.25, 0.3) is 28.8 Å². The fourth-order valence-electron chi connectivity index (χ4n) is 4.03. The molecular formula is C33H38N6. The fourth-order valence-corrected chi connectivity index (χ4v) is 4.03. The molecule has 4 N–H and O–H groups in total. The third-order valence-electron chi connectivity index (χ3n) is 5.79. The minimum absolute atomic E-state index is 0.512. The Morgan fingerprint density at radius 3 is 2.62 bits per heavy atom. The standard InChI is InChI=1S/C31H32N6.C2H6/c1-21-18-23(3)34-25(19-21)14-16-30-28-15-13-26(20-31(28)37-36-30)35-29-12-8-7-11-27(29)24(4)33-17-9-5-6-10-22(2)32;1-2/h7-8,11-16,18-20,32-33,35H,4,6,10,17H2,1-3H3,(H,36,37);1-2H3/b16-14+,32-22?;. The summed E-state index contributed by atoms with van der Waals surface area (Å²) in [6.07, 6.45) is 5.41. The van der Waals surface area contributed by atoms with Gasteiger partial charge in [0.25, 0.3) is 0 Å². The molecule has 39 heavy (non-hydrogen) atoms. The monoisotopic (exact) mass is 518 g/mol. The van der Waals surface area contributed by atoms with Crippen LogP contribution in [0.2, 0.25) is 0 Å². The van der Waals surface area contributed by atoms with Crippen molar-refractivity contribution in [3.05, 3.63) is 89.4 Å². The van der Waals surface area contributed by atoms with Crippen molar-refractivity contribution in [1.82, 2.24) is 20.5 Å². The van der Waals surface area contributed by atoms with Gasteiger partial charge in [-0.05, 0) is 81.3 Å². The van der Waals surface area contributed by atoms with E-state index in [1.54, 1.807) is 6.92 Å². The molecule has 0 radical (unpaired) electrons. The van der Waals surface area contributed by atoms with E-state index < -0.39 is 0 Å². The van der Waals surface area contributed by atoms with Crippen LogP contribution in [0.4, 0.5) is 11.4 Å². The number of H-pyrrole nitrogens is 1. The first-order valence-electron chi connectivity index (χ1n) is 13.3. The number of rotatable bonds is 9. The van der Waals surface area contributed by atoms with Gasteiger partial charge in [-0.1, -0.05) is 44.5 Å². The summed E-state index contributed by atoms with van der Waals surface area (Å²) in [5.74, 6) is 6.19. The van der Waals surface area contributed by atoms with Gasteiger partial charge in [-0.3, -0.25) is 10.1 Å². The maximum absolute atomic E-state index is 7.47. The normalized spacial score (nSPS) is 10.4. The maximum atomic E-state index is 7.47. The molecule has 2 aromatic carbocycles. The summed E-state index contributed by atoms with van der Waals surface area (Å²) in [5.41, 5.74) is 9.27. The van der Waals surface area contributed by atoms with E-state index in [2.05, 4.69) is 75.4 Å². The lowest BCUT2D eigenvalue weighted by Gasteiger charge is -2.14. The topological polar surface area (TPSA) is 89.5 Å². The Morgan fingerprint density at radius 2 is 1.85 bits per heavy atom. The molecule has 0 aliphatic rings. The number of pyridine rings is 1. The minimum Gasteiger partial charge on any atom is -0.374 e. The van der Waals surface area contributed by atoms with E-state index in [-0.39, 0.29) is 0 Å². The van der Waals surface area contributed by atoms with Crippen molar-refractivity contribution >= 4 is 45.8 Å². The zero-order valence-electron chi connectivity index (χ0n) is 23.6. The second-order valence-electron chi connectivity index (χ2n) is 9.05. The van der Waals surface area contributed by atoms with Crippen LogP contribution in [0.5, 0.6) is 0 Å². The van der Waals surface area contributed by atoms with Crippen LogP contribution in [-0.2, 0) is 0 Å². The summed E-state index contributed by atoms with van der Waals surface area (Å²) in [4.78, 5) is 4.57. The molecule has 0 saturated heterocycles. The molecule has 200 valence electrons. The summed E-state index contributed by atoms with van der Waals surface area (Å²) < 4.78 is 0. The lowest BCUT2D eigenvalue weighted by Crippen LogP contribution is -2.12. The van der Waals surface area contributed by atoms with Gasteiger partial charge in [-0.25, -0.2) is 0 Å². The third-order valence-corrected chi connectivity index (χ3v) is 5.79. The molecule has 0 aliphatic carbocycles. The largest absolute Gasteiger partial charge is 0.374 e. The Balaban J connectivity index is 0.00000205. The number of hydrogen-bond donors (Lipinski definition) is 4. The summed E-state index contributed by atoms with van der Waals surface area (Å²) in [5, 5.41) is 23.0. The van der Waals surface area contributed by atoms with Gasteiger partial charge in [-0.2, -0.15) is 5.10 Å². The lowest BCUT2D eigenvalue weighted by atomic mass is 10.1. The number of aromatic nitrogens is 3. The smallest absolute Gasteiger partial charge is 0.0928 e. The van der Waals surface area contributed by atoms with Crippen molar-refractivity contribution in [2.24, 2.45) is 0 Å². The quantitative estimate of drug-likeness (QED) is 0.134. The molecule has 2 heterocycles. The second-order valence-corrected chi connectivity index (χ2v) is 9.05. The predicted molar refractivity (Wildman–Crippen MR) is 167 cm³/mol. The molecule has 0 fully saturated rings. The number of benzene rings is 2. The van der Waals surface area contributed by atoms with Crippen LogP contribution >= 0.6 is 0 Å². The molecule has 6 nitrogen and oxygen atoms in total. The van der Waals surface area contributed by atoms with Gasteiger partial charge in [0.15, 0.2) is 0 Å². The van der Waals surface area contributed by atoms with Gasteiger partial charge >= 0.3 is 0 Å². The fraction of sp³-hybridized carbons (Fsp3) is 0.242. The van der Waals surface area contributed by atoms with E-state index in [0.717, 1.165) is 50.6 Å². The van der Waals surface area contributed by atoms with E-state index in [0.29, 0.717) is 25.1 Å². The number of nitrogens with zero attached hydrogens (tertiary/aromatic N) is 2. The molecule has 6 heteroatoms. The summed E-state index contributed by atoms with van der Waals surface area (Å²) in [7, 11) is 0. The molecule has 2 aromatic heterocycles. The summed E-state index contributed by atoms with van der Waals surface area (Å²) >= 11 is 0. The van der Waals surface area contributed by atoms with Gasteiger partial charge < -0.3 is 16.0 Å². The van der Waals surface area contributed by atoms with Gasteiger partial charge in [0, 0.05) is 45.8 Å². The van der Waals surface area contributed by atoms with Crippen molar-refractivity contribution in [2.75, 3.05) is 11.9 Å². The SMILES string of the molecule is C=C(NCC#CCCC(C)=N)c1ccccc1Nc1ccc2c(/C=C/c3cc(C)cc(C)n3)n[nH]c2c1.CC. The van der Waals surface area contributed by atoms with Gasteiger partial charge in [0.1, 0.15) is 0 Å². The molecular weight excluding hydrogens is 480 g/mol. The Bertz CT molecular complexity index is 1510. The van der Waals surface area contributed by atoms with Crippen LogP contribution in [0.3, 0.4) is 0 Å². The average molecular weight is 519 g/mol. The number of aryl methyl sites for hydroxylation is 2. The average Bonchev–Trinajstić information content (AvgIpc) is 3.32. The molecule has 0 aliphatic heterocycles. The van der Waals surface area contributed by atoms with Gasteiger partial charge in [-0.15, -0.1) is 5.92 Å². The lowest BCUT2D eigenvalue weighted by molar-refractivity contribution is 1.03. The highest BCUT2D eigenvalue weighted by atomic mass is 15.1. The first-order chi connectivity index (χ1) is 18.9.